The van der Waals surface area contributed by atoms with Crippen LogP contribution in [0.1, 0.15) is 26.3 Å². The number of amides is 3. The molecule has 0 spiro atoms. The van der Waals surface area contributed by atoms with Gasteiger partial charge in [0.15, 0.2) is 11.9 Å². The molecule has 1 unspecified atom stereocenters. The van der Waals surface area contributed by atoms with E-state index >= 15 is 0 Å². The SMILES string of the molecule is CC(C)COc1ccc(C2(C)NC(=O)[N-]C2=O)cc1.[Na+]. The van der Waals surface area contributed by atoms with Crippen molar-refractivity contribution in [1.82, 2.24) is 5.32 Å². The quantitative estimate of drug-likeness (QED) is 0.602. The summed E-state index contributed by atoms with van der Waals surface area (Å²) >= 11 is 0. The number of nitrogens with one attached hydrogen (secondary N) is 1. The molecule has 3 amide bonds. The van der Waals surface area contributed by atoms with E-state index in [2.05, 4.69) is 24.5 Å². The first-order valence-electron chi connectivity index (χ1n) is 6.23. The van der Waals surface area contributed by atoms with Crippen molar-refractivity contribution >= 4 is 11.9 Å². The van der Waals surface area contributed by atoms with Crippen molar-refractivity contribution in [2.45, 2.75) is 26.3 Å². The van der Waals surface area contributed by atoms with Crippen LogP contribution in [0.15, 0.2) is 24.3 Å². The summed E-state index contributed by atoms with van der Waals surface area (Å²) in [6, 6.07) is 6.54. The molecular weight excluding hydrogens is 267 g/mol. The molecule has 0 saturated carbocycles. The summed E-state index contributed by atoms with van der Waals surface area (Å²) in [4.78, 5) is 22.9. The molecule has 1 aromatic rings. The normalized spacial score (nSPS) is 21.2. The number of nitrogens with zero attached hydrogens (tertiary/aromatic N) is 1. The summed E-state index contributed by atoms with van der Waals surface area (Å²) < 4.78 is 5.57. The zero-order valence-corrected chi connectivity index (χ0v) is 14.3. The average Bonchev–Trinajstić information content (AvgIpc) is 2.62. The number of ether oxygens (including phenoxy) is 1. The fourth-order valence-corrected chi connectivity index (χ4v) is 1.84. The van der Waals surface area contributed by atoms with Gasteiger partial charge < -0.3 is 15.4 Å². The molecule has 1 aliphatic rings. The Morgan fingerprint density at radius 2 is 1.85 bits per heavy atom. The minimum atomic E-state index is -1.06. The molecule has 1 aromatic carbocycles. The van der Waals surface area contributed by atoms with Gasteiger partial charge in [-0.2, -0.15) is 0 Å². The van der Waals surface area contributed by atoms with E-state index in [1.807, 2.05) is 0 Å². The largest absolute Gasteiger partial charge is 1.00 e. The van der Waals surface area contributed by atoms with E-state index in [4.69, 9.17) is 4.74 Å². The van der Waals surface area contributed by atoms with Crippen LogP contribution in [-0.4, -0.2) is 18.5 Å². The van der Waals surface area contributed by atoms with Gasteiger partial charge in [-0.25, -0.2) is 0 Å². The Bertz CT molecular complexity index is 502. The minimum absolute atomic E-state index is 0. The van der Waals surface area contributed by atoms with Crippen LogP contribution in [0.25, 0.3) is 5.32 Å². The number of carbonyl (C=O) groups is 2. The van der Waals surface area contributed by atoms with Crippen molar-refractivity contribution in [3.63, 3.8) is 0 Å². The third-order valence-corrected chi connectivity index (χ3v) is 3.00. The average molecular weight is 284 g/mol. The predicted molar refractivity (Wildman–Crippen MR) is 71.0 cm³/mol. The standard InChI is InChI=1S/C14H18N2O3.Na/c1-9(2)8-19-11-6-4-10(5-7-11)14(3)12(17)15-13(18)16-14;/h4-7,9H,8H2,1-3H3,(H2,15,16,17,18);/q;+1/p-1. The van der Waals surface area contributed by atoms with Crippen molar-refractivity contribution in [2.24, 2.45) is 5.92 Å². The molecule has 1 fully saturated rings. The molecule has 20 heavy (non-hydrogen) atoms. The van der Waals surface area contributed by atoms with E-state index < -0.39 is 17.5 Å². The van der Waals surface area contributed by atoms with E-state index in [1.54, 1.807) is 31.2 Å². The summed E-state index contributed by atoms with van der Waals surface area (Å²) in [6.45, 7) is 6.43. The number of imide groups is 1. The number of hydrogen-bond acceptors (Lipinski definition) is 3. The third-order valence-electron chi connectivity index (χ3n) is 3.00. The second-order valence-corrected chi connectivity index (χ2v) is 5.20. The van der Waals surface area contributed by atoms with Crippen molar-refractivity contribution in [1.29, 1.82) is 0 Å². The van der Waals surface area contributed by atoms with Gasteiger partial charge in [-0.3, -0.25) is 9.59 Å². The fraction of sp³-hybridized carbons (Fsp3) is 0.429. The molecule has 1 heterocycles. The molecular formula is C14H17N2NaO3. The maximum Gasteiger partial charge on any atom is 1.00 e. The first-order chi connectivity index (χ1) is 8.91. The molecule has 0 aliphatic carbocycles. The van der Waals surface area contributed by atoms with Crippen LogP contribution < -0.4 is 39.6 Å². The van der Waals surface area contributed by atoms with Gasteiger partial charge >= 0.3 is 29.6 Å². The van der Waals surface area contributed by atoms with E-state index in [1.165, 1.54) is 0 Å². The molecule has 102 valence electrons. The van der Waals surface area contributed by atoms with Gasteiger partial charge in [0.05, 0.1) is 12.1 Å². The molecule has 2 rings (SSSR count). The predicted octanol–water partition coefficient (Wildman–Crippen LogP) is -0.436. The van der Waals surface area contributed by atoms with Crippen molar-refractivity contribution < 1.29 is 43.9 Å². The molecule has 0 aromatic heterocycles. The van der Waals surface area contributed by atoms with Crippen LogP contribution in [0.5, 0.6) is 5.75 Å². The Morgan fingerprint density at radius 1 is 1.25 bits per heavy atom. The zero-order valence-electron chi connectivity index (χ0n) is 12.3. The monoisotopic (exact) mass is 284 g/mol. The van der Waals surface area contributed by atoms with Gasteiger partial charge in [-0.1, -0.05) is 26.0 Å². The topological polar surface area (TPSA) is 69.5 Å². The van der Waals surface area contributed by atoms with Crippen LogP contribution in [0.3, 0.4) is 0 Å². The summed E-state index contributed by atoms with van der Waals surface area (Å²) in [5.41, 5.74) is -0.364. The van der Waals surface area contributed by atoms with Gasteiger partial charge in [-0.15, -0.1) is 0 Å². The number of rotatable bonds is 4. The van der Waals surface area contributed by atoms with Gasteiger partial charge in [0.25, 0.3) is 0 Å². The van der Waals surface area contributed by atoms with Crippen LogP contribution in [0.2, 0.25) is 0 Å². The second kappa shape index (κ2) is 6.61. The Kier molecular flexibility index (Phi) is 5.62. The smallest absolute Gasteiger partial charge is 0.493 e. The van der Waals surface area contributed by atoms with Crippen molar-refractivity contribution in [3.8, 4) is 5.75 Å². The third kappa shape index (κ3) is 3.53. The first kappa shape index (κ1) is 17.0. The molecule has 6 heteroatoms. The maximum absolute atomic E-state index is 11.7. The first-order valence-corrected chi connectivity index (χ1v) is 6.23. The minimum Gasteiger partial charge on any atom is -0.493 e. The molecule has 1 N–H and O–H groups in total. The Morgan fingerprint density at radius 3 is 2.30 bits per heavy atom. The van der Waals surface area contributed by atoms with E-state index in [9.17, 15) is 9.59 Å². The van der Waals surface area contributed by atoms with Gasteiger partial charge in [0.1, 0.15) is 5.75 Å². The number of benzene rings is 1. The van der Waals surface area contributed by atoms with Gasteiger partial charge in [0, 0.05) is 0 Å². The van der Waals surface area contributed by atoms with E-state index in [0.29, 0.717) is 18.1 Å². The molecule has 1 aliphatic heterocycles. The van der Waals surface area contributed by atoms with Gasteiger partial charge in [-0.05, 0) is 30.5 Å². The van der Waals surface area contributed by atoms with Gasteiger partial charge in [0.2, 0.25) is 0 Å². The fourth-order valence-electron chi connectivity index (χ4n) is 1.84. The van der Waals surface area contributed by atoms with Crippen LogP contribution >= 0.6 is 0 Å². The van der Waals surface area contributed by atoms with Crippen LogP contribution in [0.4, 0.5) is 4.79 Å². The number of urea groups is 1. The second-order valence-electron chi connectivity index (χ2n) is 5.20. The van der Waals surface area contributed by atoms with Crippen molar-refractivity contribution in [3.05, 3.63) is 35.1 Å². The maximum atomic E-state index is 11.7. The Hall–Kier alpha value is -1.04. The Balaban J connectivity index is 0.00000200. The zero-order chi connectivity index (χ0) is 14.0. The Labute approximate surface area is 140 Å². The van der Waals surface area contributed by atoms with Crippen LogP contribution in [0, 0.1) is 5.92 Å². The molecule has 5 nitrogen and oxygen atoms in total. The summed E-state index contributed by atoms with van der Waals surface area (Å²) in [6.07, 6.45) is 0. The summed E-state index contributed by atoms with van der Waals surface area (Å²) in [7, 11) is 0. The molecule has 1 atom stereocenters. The van der Waals surface area contributed by atoms with E-state index in [0.717, 1.165) is 5.75 Å². The molecule has 0 radical (unpaired) electrons. The van der Waals surface area contributed by atoms with Crippen LogP contribution in [-0.2, 0) is 10.3 Å². The number of hydrogen-bond donors (Lipinski definition) is 1. The molecule has 0 bridgehead atoms. The van der Waals surface area contributed by atoms with E-state index in [-0.39, 0.29) is 29.6 Å². The molecule has 1 saturated heterocycles. The number of carbonyl (C=O) groups excluding carboxylic acids is 2. The van der Waals surface area contributed by atoms with Crippen molar-refractivity contribution in [2.75, 3.05) is 6.61 Å². The summed E-state index contributed by atoms with van der Waals surface area (Å²) in [5.74, 6) is 0.731. The summed E-state index contributed by atoms with van der Waals surface area (Å²) in [5, 5.41) is 5.95.